The number of hydrogen-bond acceptors (Lipinski definition) is 15. The van der Waals surface area contributed by atoms with Crippen LogP contribution in [-0.4, -0.2) is 108 Å². The lowest BCUT2D eigenvalue weighted by atomic mass is 10.1. The van der Waals surface area contributed by atoms with Crippen molar-refractivity contribution in [3.8, 4) is 0 Å². The summed E-state index contributed by atoms with van der Waals surface area (Å²) in [6.45, 7) is -1.39. The number of carbonyl (C=O) groups excluding carboxylic acids is 4. The molecular weight excluding hydrogens is 1330 g/mol. The number of alkyl halides is 3. The molecule has 0 amide bonds. The van der Waals surface area contributed by atoms with Gasteiger partial charge in [-0.3, -0.25) is 4.18 Å². The highest BCUT2D eigenvalue weighted by atomic mass is 79.9. The summed E-state index contributed by atoms with van der Waals surface area (Å²) in [6.07, 6.45) is -8.69. The molecule has 0 N–H and O–H groups in total. The number of hydrogen-bond donors (Lipinski definition) is 0. The van der Waals surface area contributed by atoms with Crippen LogP contribution in [0.2, 0.25) is 55.2 Å². The first-order valence-corrected chi connectivity index (χ1v) is 27.0. The molecule has 5 rings (SSSR count). The first-order chi connectivity index (χ1) is 35.8. The molecule has 408 valence electrons. The molecule has 15 nitrogen and oxygen atoms in total. The third-order valence-electron chi connectivity index (χ3n) is 9.31. The summed E-state index contributed by atoms with van der Waals surface area (Å²) in [5.74, 6) is -4.00. The second-order valence-electron chi connectivity index (χ2n) is 14.5. The average Bonchev–Trinajstić information content (AvgIpc) is 3.34. The van der Waals surface area contributed by atoms with Gasteiger partial charge in [0.15, 0.2) is 30.7 Å². The van der Waals surface area contributed by atoms with Crippen molar-refractivity contribution in [2.75, 3.05) is 27.4 Å². The Kier molecular flexibility index (Phi) is 26.2. The molecule has 0 aliphatic heterocycles. The van der Waals surface area contributed by atoms with Crippen LogP contribution in [0, 0.1) is 0 Å². The van der Waals surface area contributed by atoms with Crippen LogP contribution in [-0.2, 0) is 42.9 Å². The van der Waals surface area contributed by atoms with Crippen LogP contribution in [0.3, 0.4) is 0 Å². The van der Waals surface area contributed by atoms with Crippen LogP contribution in [0.15, 0.2) is 100 Å². The van der Waals surface area contributed by atoms with Gasteiger partial charge in [0.2, 0.25) is 0 Å². The maximum atomic E-state index is 15.6. The summed E-state index contributed by atoms with van der Waals surface area (Å²) < 4.78 is 83.4. The molecule has 0 saturated heterocycles. The molecule has 0 aromatic heterocycles. The van der Waals surface area contributed by atoms with Crippen LogP contribution in [0.4, 0.5) is 8.78 Å². The normalized spacial score (nSPS) is 13.8. The standard InChI is InChI=1S/C26H17Cl7FNO8S.C20H15BrCl4FNO5/c1-40-35-10-21(34)24(42-26(37)15-5-3-13(28)7-17(15)30)22(11-41-25(36)14-4-2-12(27)6-16(14)29)43-44(38,39)23-9-19(32)18(31)8-20(23)33;1-30-27-8-17(26)18(32-20(29)13-5-3-11(23)7-16(13)25)14(21)9-31-19(28)12-4-2-10(22)6-15(12)24/h2-10,21-22,24H,11H2,1H3;2-8,14,17-18H,9H2,1H3/t21-,22-,24+;14-,17+,18+/m10/s1. The number of rotatable bonds is 21. The van der Waals surface area contributed by atoms with Gasteiger partial charge < -0.3 is 28.6 Å². The third-order valence-corrected chi connectivity index (χ3v) is 14.8. The summed E-state index contributed by atoms with van der Waals surface area (Å²) in [6, 6.07) is 17.8. The van der Waals surface area contributed by atoms with E-state index in [1.54, 1.807) is 0 Å². The van der Waals surface area contributed by atoms with Crippen LogP contribution < -0.4 is 0 Å². The Morgan fingerprint density at radius 1 is 0.513 bits per heavy atom. The van der Waals surface area contributed by atoms with Gasteiger partial charge in [-0.2, -0.15) is 8.42 Å². The molecule has 30 heteroatoms. The number of nitrogens with zero attached hydrogens (tertiary/aromatic N) is 2. The van der Waals surface area contributed by atoms with Crippen LogP contribution in [0.1, 0.15) is 41.4 Å². The van der Waals surface area contributed by atoms with E-state index in [4.69, 9.17) is 151 Å². The van der Waals surface area contributed by atoms with Gasteiger partial charge in [0.05, 0.1) is 74.7 Å². The molecule has 5 aromatic rings. The Morgan fingerprint density at radius 3 is 1.26 bits per heavy atom. The predicted molar refractivity (Wildman–Crippen MR) is 292 cm³/mol. The monoisotopic (exact) mass is 1350 g/mol. The van der Waals surface area contributed by atoms with E-state index in [1.165, 1.54) is 79.9 Å². The maximum absolute atomic E-state index is 15.6. The highest BCUT2D eigenvalue weighted by Gasteiger charge is 2.40. The maximum Gasteiger partial charge on any atom is 0.340 e. The van der Waals surface area contributed by atoms with Crippen LogP contribution in [0.25, 0.3) is 0 Å². The van der Waals surface area contributed by atoms with Crippen LogP contribution in [0.5, 0.6) is 0 Å². The first-order valence-electron chi connectivity index (χ1n) is 20.5. The van der Waals surface area contributed by atoms with Gasteiger partial charge in [0.1, 0.15) is 32.3 Å². The molecule has 5 aromatic carbocycles. The number of esters is 4. The largest absolute Gasteiger partial charge is 0.461 e. The highest BCUT2D eigenvalue weighted by molar-refractivity contribution is 9.09. The van der Waals surface area contributed by atoms with Crippen molar-refractivity contribution < 1.29 is 69.2 Å². The van der Waals surface area contributed by atoms with Gasteiger partial charge in [-0.1, -0.05) is 154 Å². The lowest BCUT2D eigenvalue weighted by molar-refractivity contribution is -0.0478. The van der Waals surface area contributed by atoms with Crippen molar-refractivity contribution in [1.29, 1.82) is 0 Å². The Labute approximate surface area is 495 Å². The molecule has 6 atom stereocenters. The van der Waals surface area contributed by atoms with E-state index in [0.717, 1.165) is 25.5 Å². The Bertz CT molecular complexity index is 3100. The zero-order chi connectivity index (χ0) is 56.6. The summed E-state index contributed by atoms with van der Waals surface area (Å²) in [4.78, 5) is 58.1. The molecule has 0 spiro atoms. The number of carbonyl (C=O) groups is 4. The van der Waals surface area contributed by atoms with E-state index in [0.29, 0.717) is 16.3 Å². The van der Waals surface area contributed by atoms with Gasteiger partial charge in [-0.15, -0.1) is 0 Å². The fourth-order valence-corrected chi connectivity index (χ4v) is 10.3. The molecule has 0 saturated carbocycles. The van der Waals surface area contributed by atoms with Gasteiger partial charge in [0.25, 0.3) is 10.1 Å². The SMILES string of the molecule is CON=C[C@@H](F)[C@H](OC(=O)c1ccc(Cl)cc1Cl)[C@@H](Br)COC(=O)c1ccc(Cl)cc1Cl.CON=C[C@@H](F)[C@H](OC(=O)c1ccc(Cl)cc1Cl)[C@@H](COC(=O)c1ccc(Cl)cc1Cl)OS(=O)(=O)c1cc(Cl)c(Cl)cc1Cl. The third kappa shape index (κ3) is 19.0. The zero-order valence-corrected chi connectivity index (χ0v) is 48.7. The number of oxime groups is 2. The molecule has 0 aliphatic carbocycles. The van der Waals surface area contributed by atoms with E-state index in [2.05, 4.69) is 35.9 Å². The van der Waals surface area contributed by atoms with E-state index in [9.17, 15) is 32.0 Å². The van der Waals surface area contributed by atoms with Gasteiger partial charge in [0, 0.05) is 20.1 Å². The van der Waals surface area contributed by atoms with E-state index < -0.39 is 86.0 Å². The summed E-state index contributed by atoms with van der Waals surface area (Å²) >= 11 is 68.7. The van der Waals surface area contributed by atoms with E-state index >= 15 is 4.39 Å². The lowest BCUT2D eigenvalue weighted by Crippen LogP contribution is -2.45. The minimum atomic E-state index is -4.96. The molecule has 76 heavy (non-hydrogen) atoms. The predicted octanol–water partition coefficient (Wildman–Crippen LogP) is 14.8. The zero-order valence-electron chi connectivity index (χ0n) is 38.0. The quantitative estimate of drug-likeness (QED) is 0.0128. The second kappa shape index (κ2) is 30.6. The second-order valence-corrected chi connectivity index (χ2v) is 21.8. The summed E-state index contributed by atoms with van der Waals surface area (Å²) in [5.41, 5.74) is -0.406. The summed E-state index contributed by atoms with van der Waals surface area (Å²) in [5, 5.41) is 6.84. The average molecular weight is 1360 g/mol. The minimum absolute atomic E-state index is 0.0251. The van der Waals surface area contributed by atoms with Crippen molar-refractivity contribution >= 4 is 190 Å². The smallest absolute Gasteiger partial charge is 0.340 e. The molecule has 0 heterocycles. The van der Waals surface area contributed by atoms with Crippen molar-refractivity contribution in [2.45, 2.75) is 40.4 Å². The van der Waals surface area contributed by atoms with Crippen LogP contribution >= 0.6 is 144 Å². The molecular formula is C46H32BrCl11F2N2O13S. The fraction of sp³-hybridized carbons (Fsp3) is 0.217. The number of ether oxygens (including phenoxy) is 4. The highest BCUT2D eigenvalue weighted by Crippen LogP contribution is 2.35. The van der Waals surface area contributed by atoms with Gasteiger partial charge in [-0.25, -0.2) is 28.0 Å². The number of benzene rings is 5. The van der Waals surface area contributed by atoms with Gasteiger partial charge >= 0.3 is 23.9 Å². The van der Waals surface area contributed by atoms with E-state index in [-0.39, 0.29) is 69.0 Å². The number of halogens is 14. The Morgan fingerprint density at radius 2 is 0.868 bits per heavy atom. The Hall–Kier alpha value is -3.64. The minimum Gasteiger partial charge on any atom is -0.461 e. The Balaban J connectivity index is 0.000000346. The molecule has 0 unspecified atom stereocenters. The molecule has 0 aliphatic rings. The van der Waals surface area contributed by atoms with Gasteiger partial charge in [-0.05, 0) is 84.9 Å². The molecule has 0 fully saturated rings. The topological polar surface area (TPSA) is 192 Å². The first kappa shape index (κ1) is 64.9. The fourth-order valence-electron chi connectivity index (χ4n) is 5.74. The van der Waals surface area contributed by atoms with Crippen molar-refractivity contribution in [2.24, 2.45) is 10.3 Å². The van der Waals surface area contributed by atoms with Crippen molar-refractivity contribution in [1.82, 2.24) is 0 Å². The van der Waals surface area contributed by atoms with E-state index in [1.807, 2.05) is 0 Å². The summed E-state index contributed by atoms with van der Waals surface area (Å²) in [7, 11) is -2.64. The molecule has 0 radical (unpaired) electrons. The lowest BCUT2D eigenvalue weighted by Gasteiger charge is -2.27. The molecule has 0 bridgehead atoms. The van der Waals surface area contributed by atoms with Crippen molar-refractivity contribution in [3.05, 3.63) is 162 Å². The van der Waals surface area contributed by atoms with Crippen molar-refractivity contribution in [3.63, 3.8) is 0 Å².